The second-order valence-corrected chi connectivity index (χ2v) is 7.64. The van der Waals surface area contributed by atoms with Gasteiger partial charge in [0.2, 0.25) is 5.91 Å². The van der Waals surface area contributed by atoms with Crippen LogP contribution in [-0.2, 0) is 11.2 Å². The van der Waals surface area contributed by atoms with Gasteiger partial charge in [0.1, 0.15) is 0 Å². The number of benzene rings is 1. The molecule has 1 N–H and O–H groups in total. The maximum absolute atomic E-state index is 12.5. The molecule has 1 saturated heterocycles. The normalized spacial score (nSPS) is 18.2. The van der Waals surface area contributed by atoms with Crippen molar-refractivity contribution in [3.63, 3.8) is 0 Å². The van der Waals surface area contributed by atoms with Gasteiger partial charge in [0, 0.05) is 31.7 Å². The highest BCUT2D eigenvalue weighted by Crippen LogP contribution is 2.28. The molecule has 0 atom stereocenters. The monoisotopic (exact) mass is 352 g/mol. The first-order valence-corrected chi connectivity index (χ1v) is 9.88. The summed E-state index contributed by atoms with van der Waals surface area (Å²) in [6, 6.07) is 10.7. The van der Waals surface area contributed by atoms with Crippen molar-refractivity contribution < 1.29 is 4.79 Å². The number of nitrogens with zero attached hydrogens (tertiary/aromatic N) is 3. The Hall–Kier alpha value is -2.14. The molecule has 2 aromatic rings. The van der Waals surface area contributed by atoms with Crippen molar-refractivity contribution in [3.05, 3.63) is 48.3 Å². The summed E-state index contributed by atoms with van der Waals surface area (Å²) in [5, 5.41) is 8.08. The van der Waals surface area contributed by atoms with Crippen LogP contribution < -0.4 is 5.32 Å². The maximum Gasteiger partial charge on any atom is 0.222 e. The van der Waals surface area contributed by atoms with Gasteiger partial charge in [0.25, 0.3) is 0 Å². The molecular weight excluding hydrogens is 324 g/mol. The van der Waals surface area contributed by atoms with Crippen molar-refractivity contribution in [1.82, 2.24) is 20.0 Å². The molecule has 1 aliphatic heterocycles. The van der Waals surface area contributed by atoms with Crippen LogP contribution in [0.4, 0.5) is 0 Å². The maximum atomic E-state index is 12.5. The molecule has 2 heterocycles. The Kier molecular flexibility index (Phi) is 5.34. The van der Waals surface area contributed by atoms with Crippen molar-refractivity contribution in [3.8, 4) is 5.69 Å². The zero-order valence-corrected chi connectivity index (χ0v) is 15.3. The number of carbonyl (C=O) groups is 1. The van der Waals surface area contributed by atoms with Gasteiger partial charge in [-0.05, 0) is 62.3 Å². The number of aryl methyl sites for hydroxylation is 1. The van der Waals surface area contributed by atoms with E-state index in [0.717, 1.165) is 49.5 Å². The molecule has 5 heteroatoms. The van der Waals surface area contributed by atoms with E-state index in [2.05, 4.69) is 10.4 Å². The first-order chi connectivity index (χ1) is 12.8. The van der Waals surface area contributed by atoms with Gasteiger partial charge < -0.3 is 10.2 Å². The molecule has 1 saturated carbocycles. The molecule has 26 heavy (non-hydrogen) atoms. The Morgan fingerprint density at radius 3 is 2.62 bits per heavy atom. The molecule has 1 aromatic carbocycles. The average Bonchev–Trinajstić information content (AvgIpc) is 3.41. The fourth-order valence-electron chi connectivity index (χ4n) is 3.61. The summed E-state index contributed by atoms with van der Waals surface area (Å²) < 4.78 is 1.87. The molecule has 4 rings (SSSR count). The van der Waals surface area contributed by atoms with Crippen LogP contribution in [0.5, 0.6) is 0 Å². The highest BCUT2D eigenvalue weighted by atomic mass is 16.2. The summed E-state index contributed by atoms with van der Waals surface area (Å²) in [7, 11) is 0. The van der Waals surface area contributed by atoms with Gasteiger partial charge in [0.15, 0.2) is 0 Å². The van der Waals surface area contributed by atoms with Crippen molar-refractivity contribution in [1.29, 1.82) is 0 Å². The number of likely N-dealkylation sites (tertiary alicyclic amines) is 1. The van der Waals surface area contributed by atoms with Crippen LogP contribution in [0.2, 0.25) is 0 Å². The summed E-state index contributed by atoms with van der Waals surface area (Å²) in [6.45, 7) is 2.96. The highest BCUT2D eigenvalue weighted by molar-refractivity contribution is 5.76. The lowest BCUT2D eigenvalue weighted by molar-refractivity contribution is -0.132. The van der Waals surface area contributed by atoms with Crippen LogP contribution in [-0.4, -0.2) is 46.3 Å². The first-order valence-electron chi connectivity index (χ1n) is 9.88. The molecule has 0 radical (unpaired) electrons. The lowest BCUT2D eigenvalue weighted by Gasteiger charge is -2.32. The van der Waals surface area contributed by atoms with Crippen LogP contribution in [0.3, 0.4) is 0 Å². The van der Waals surface area contributed by atoms with Crippen molar-refractivity contribution in [2.45, 2.75) is 44.6 Å². The second-order valence-electron chi connectivity index (χ2n) is 7.64. The summed E-state index contributed by atoms with van der Waals surface area (Å²) in [5.74, 6) is 1.20. The molecular formula is C21H28N4O. The first kappa shape index (κ1) is 17.3. The topological polar surface area (TPSA) is 50.2 Å². The number of hydrogen-bond acceptors (Lipinski definition) is 3. The van der Waals surface area contributed by atoms with Crippen molar-refractivity contribution in [2.24, 2.45) is 5.92 Å². The minimum absolute atomic E-state index is 0.276. The van der Waals surface area contributed by atoms with Gasteiger partial charge in [-0.1, -0.05) is 18.2 Å². The molecule has 1 aliphatic carbocycles. The molecule has 1 amide bonds. The fourth-order valence-corrected chi connectivity index (χ4v) is 3.61. The van der Waals surface area contributed by atoms with Crippen LogP contribution in [0.15, 0.2) is 42.7 Å². The molecule has 5 nitrogen and oxygen atoms in total. The third-order valence-electron chi connectivity index (χ3n) is 5.52. The smallest absolute Gasteiger partial charge is 0.222 e. The number of piperidine rings is 1. The van der Waals surface area contributed by atoms with Crippen molar-refractivity contribution >= 4 is 5.91 Å². The number of rotatable bonds is 7. The average molecular weight is 352 g/mol. The Morgan fingerprint density at radius 1 is 1.12 bits per heavy atom. The largest absolute Gasteiger partial charge is 0.343 e. The molecule has 0 spiro atoms. The van der Waals surface area contributed by atoms with Gasteiger partial charge in [-0.15, -0.1) is 0 Å². The number of hydrogen-bond donors (Lipinski definition) is 1. The molecule has 0 bridgehead atoms. The number of nitrogens with one attached hydrogen (secondary N) is 1. The van der Waals surface area contributed by atoms with Crippen LogP contribution in [0.25, 0.3) is 5.69 Å². The van der Waals surface area contributed by atoms with E-state index in [9.17, 15) is 4.79 Å². The lowest BCUT2D eigenvalue weighted by atomic mass is 10.0. The quantitative estimate of drug-likeness (QED) is 0.834. The number of carbonyl (C=O) groups excluding carboxylic acids is 1. The van der Waals surface area contributed by atoms with Gasteiger partial charge >= 0.3 is 0 Å². The molecule has 2 aliphatic rings. The van der Waals surface area contributed by atoms with E-state index in [1.54, 1.807) is 0 Å². The van der Waals surface area contributed by atoms with Crippen LogP contribution in [0.1, 0.15) is 37.7 Å². The standard InChI is InChI=1S/C21H28N4O/c26-21(24-12-10-19(11-13-24)22-14-17-6-7-17)9-8-18-15-23-25(16-18)20-4-2-1-3-5-20/h1-5,15-17,19,22H,6-14H2. The fraction of sp³-hybridized carbons (Fsp3) is 0.524. The summed E-state index contributed by atoms with van der Waals surface area (Å²) in [4.78, 5) is 14.5. The Morgan fingerprint density at radius 2 is 1.88 bits per heavy atom. The van der Waals surface area contributed by atoms with E-state index in [4.69, 9.17) is 0 Å². The third kappa shape index (κ3) is 4.52. The number of aromatic nitrogens is 2. The Labute approximate surface area is 155 Å². The van der Waals surface area contributed by atoms with E-state index >= 15 is 0 Å². The number of para-hydroxylation sites is 1. The summed E-state index contributed by atoms with van der Waals surface area (Å²) in [6.07, 6.45) is 10.2. The minimum Gasteiger partial charge on any atom is -0.343 e. The summed E-state index contributed by atoms with van der Waals surface area (Å²) in [5.41, 5.74) is 2.16. The van der Waals surface area contributed by atoms with Crippen LogP contribution in [0, 0.1) is 5.92 Å². The van der Waals surface area contributed by atoms with Gasteiger partial charge in [0.05, 0.1) is 11.9 Å². The predicted octanol–water partition coefficient (Wildman–Crippen LogP) is 2.80. The summed E-state index contributed by atoms with van der Waals surface area (Å²) >= 11 is 0. The molecule has 0 unspecified atom stereocenters. The van der Waals surface area contributed by atoms with E-state index < -0.39 is 0 Å². The molecule has 2 fully saturated rings. The molecule has 138 valence electrons. The van der Waals surface area contributed by atoms with E-state index in [1.165, 1.54) is 19.4 Å². The second kappa shape index (κ2) is 8.04. The SMILES string of the molecule is O=C(CCc1cnn(-c2ccccc2)c1)N1CCC(NCC2CC2)CC1. The third-order valence-corrected chi connectivity index (χ3v) is 5.52. The zero-order chi connectivity index (χ0) is 17.8. The Balaban J connectivity index is 1.21. The van der Waals surface area contributed by atoms with Gasteiger partial charge in [-0.2, -0.15) is 5.10 Å². The van der Waals surface area contributed by atoms with E-state index in [1.807, 2.05) is 52.3 Å². The van der Waals surface area contributed by atoms with E-state index in [0.29, 0.717) is 12.5 Å². The zero-order valence-electron chi connectivity index (χ0n) is 15.3. The van der Waals surface area contributed by atoms with E-state index in [-0.39, 0.29) is 5.91 Å². The van der Waals surface area contributed by atoms with Crippen molar-refractivity contribution in [2.75, 3.05) is 19.6 Å². The van der Waals surface area contributed by atoms with Crippen LogP contribution >= 0.6 is 0 Å². The minimum atomic E-state index is 0.276. The predicted molar refractivity (Wildman–Crippen MR) is 102 cm³/mol. The van der Waals surface area contributed by atoms with Gasteiger partial charge in [-0.3, -0.25) is 4.79 Å². The highest BCUT2D eigenvalue weighted by Gasteiger charge is 2.25. The van der Waals surface area contributed by atoms with Gasteiger partial charge in [-0.25, -0.2) is 4.68 Å². The number of amides is 1. The molecule has 1 aromatic heterocycles. The Bertz CT molecular complexity index is 715. The lowest BCUT2D eigenvalue weighted by Crippen LogP contribution is -2.45.